The van der Waals surface area contributed by atoms with E-state index in [1.165, 1.54) is 6.07 Å². The lowest BCUT2D eigenvalue weighted by molar-refractivity contribution is -0.385. The van der Waals surface area contributed by atoms with Gasteiger partial charge in [0.05, 0.1) is 4.92 Å². The van der Waals surface area contributed by atoms with E-state index in [2.05, 4.69) is 0 Å². The van der Waals surface area contributed by atoms with Gasteiger partial charge in [-0.3, -0.25) is 10.1 Å². The third-order valence-corrected chi connectivity index (χ3v) is 2.13. The molecule has 1 aromatic carbocycles. The Bertz CT molecular complexity index is 350. The Hall–Kier alpha value is -1.09. The molecule has 0 aliphatic rings. The quantitative estimate of drug-likeness (QED) is 0.440. The van der Waals surface area contributed by atoms with Crippen LogP contribution in [0, 0.1) is 17.0 Å². The summed E-state index contributed by atoms with van der Waals surface area (Å²) in [4.78, 5) is 10.2. The summed E-state index contributed by atoms with van der Waals surface area (Å²) in [5.41, 5.74) is 1.89. The van der Waals surface area contributed by atoms with Crippen molar-refractivity contribution in [2.45, 2.75) is 25.6 Å². The van der Waals surface area contributed by atoms with Gasteiger partial charge in [0.25, 0.3) is 5.69 Å². The second-order valence-corrected chi connectivity index (χ2v) is 4.11. The SMILES string of the molecule is Cc1cc(CC(C)Cl)ccc1[N+](=O)[O-]. The molecule has 0 radical (unpaired) electrons. The fraction of sp³-hybridized carbons (Fsp3) is 0.400. The van der Waals surface area contributed by atoms with Crippen LogP contribution in [0.3, 0.4) is 0 Å². The lowest BCUT2D eigenvalue weighted by atomic mass is 10.1. The van der Waals surface area contributed by atoms with E-state index >= 15 is 0 Å². The fourth-order valence-electron chi connectivity index (χ4n) is 1.37. The normalized spacial score (nSPS) is 12.5. The maximum Gasteiger partial charge on any atom is 0.272 e. The Kier molecular flexibility index (Phi) is 3.47. The van der Waals surface area contributed by atoms with Crippen LogP contribution in [0.25, 0.3) is 0 Å². The fourth-order valence-corrected chi connectivity index (χ4v) is 1.55. The summed E-state index contributed by atoms with van der Waals surface area (Å²) < 4.78 is 0. The number of nitro benzene ring substituents is 1. The average molecular weight is 214 g/mol. The molecule has 0 heterocycles. The van der Waals surface area contributed by atoms with Crippen LogP contribution in [-0.2, 0) is 6.42 Å². The van der Waals surface area contributed by atoms with Crippen molar-refractivity contribution in [3.8, 4) is 0 Å². The molecule has 0 N–H and O–H groups in total. The summed E-state index contributed by atoms with van der Waals surface area (Å²) in [5, 5.41) is 10.6. The zero-order chi connectivity index (χ0) is 10.7. The topological polar surface area (TPSA) is 43.1 Å². The van der Waals surface area contributed by atoms with Gasteiger partial charge in [0.1, 0.15) is 0 Å². The molecule has 1 rings (SSSR count). The van der Waals surface area contributed by atoms with Crippen molar-refractivity contribution in [1.82, 2.24) is 0 Å². The Morgan fingerprint density at radius 1 is 1.57 bits per heavy atom. The summed E-state index contributed by atoms with van der Waals surface area (Å²) in [5.74, 6) is 0. The van der Waals surface area contributed by atoms with Crippen molar-refractivity contribution in [2.24, 2.45) is 0 Å². The van der Waals surface area contributed by atoms with Crippen molar-refractivity contribution in [2.75, 3.05) is 0 Å². The van der Waals surface area contributed by atoms with Gasteiger partial charge in [0, 0.05) is 17.0 Å². The first kappa shape index (κ1) is 11.0. The highest BCUT2D eigenvalue weighted by atomic mass is 35.5. The maximum absolute atomic E-state index is 10.5. The smallest absolute Gasteiger partial charge is 0.258 e. The van der Waals surface area contributed by atoms with E-state index in [-0.39, 0.29) is 16.0 Å². The number of alkyl halides is 1. The second kappa shape index (κ2) is 4.42. The van der Waals surface area contributed by atoms with Crippen LogP contribution in [0.1, 0.15) is 18.1 Å². The van der Waals surface area contributed by atoms with Gasteiger partial charge in [-0.1, -0.05) is 6.07 Å². The Morgan fingerprint density at radius 3 is 2.64 bits per heavy atom. The molecule has 0 saturated carbocycles. The molecule has 1 unspecified atom stereocenters. The summed E-state index contributed by atoms with van der Waals surface area (Å²) in [7, 11) is 0. The molecule has 76 valence electrons. The van der Waals surface area contributed by atoms with E-state index in [1.54, 1.807) is 13.0 Å². The minimum absolute atomic E-state index is 0.0517. The van der Waals surface area contributed by atoms with E-state index in [0.717, 1.165) is 12.0 Å². The van der Waals surface area contributed by atoms with Crippen LogP contribution >= 0.6 is 11.6 Å². The van der Waals surface area contributed by atoms with Gasteiger partial charge in [-0.15, -0.1) is 11.6 Å². The van der Waals surface area contributed by atoms with Crippen molar-refractivity contribution in [1.29, 1.82) is 0 Å². The number of rotatable bonds is 3. The molecule has 14 heavy (non-hydrogen) atoms. The second-order valence-electron chi connectivity index (χ2n) is 3.36. The molecule has 1 aromatic rings. The molecule has 0 amide bonds. The van der Waals surface area contributed by atoms with Crippen LogP contribution in [0.4, 0.5) is 5.69 Å². The van der Waals surface area contributed by atoms with Crippen LogP contribution < -0.4 is 0 Å². The third-order valence-electron chi connectivity index (χ3n) is 1.97. The largest absolute Gasteiger partial charge is 0.272 e. The lowest BCUT2D eigenvalue weighted by Crippen LogP contribution is -1.99. The molecule has 0 aliphatic carbocycles. The first-order chi connectivity index (χ1) is 6.50. The standard InChI is InChI=1S/C10H12ClNO2/c1-7-5-9(6-8(2)11)3-4-10(7)12(13)14/h3-5,8H,6H2,1-2H3. The number of nitro groups is 1. The molecule has 1 atom stereocenters. The van der Waals surface area contributed by atoms with E-state index in [4.69, 9.17) is 11.6 Å². The first-order valence-electron chi connectivity index (χ1n) is 4.38. The molecule has 0 aliphatic heterocycles. The van der Waals surface area contributed by atoms with Gasteiger partial charge in [-0.05, 0) is 31.9 Å². The highest BCUT2D eigenvalue weighted by Crippen LogP contribution is 2.20. The minimum atomic E-state index is -0.372. The highest BCUT2D eigenvalue weighted by Gasteiger charge is 2.10. The average Bonchev–Trinajstić information content (AvgIpc) is 2.01. The number of hydrogen-bond donors (Lipinski definition) is 0. The van der Waals surface area contributed by atoms with Gasteiger partial charge in [0.2, 0.25) is 0 Å². The Balaban J connectivity index is 2.94. The summed E-state index contributed by atoms with van der Waals surface area (Å²) in [6.07, 6.45) is 0.736. The monoisotopic (exact) mass is 213 g/mol. The van der Waals surface area contributed by atoms with E-state index in [1.807, 2.05) is 13.0 Å². The molecular formula is C10H12ClNO2. The van der Waals surface area contributed by atoms with Crippen LogP contribution in [-0.4, -0.2) is 10.3 Å². The Morgan fingerprint density at radius 2 is 2.21 bits per heavy atom. The van der Waals surface area contributed by atoms with Crippen LogP contribution in [0.2, 0.25) is 0 Å². The molecule has 3 nitrogen and oxygen atoms in total. The highest BCUT2D eigenvalue weighted by molar-refractivity contribution is 6.20. The van der Waals surface area contributed by atoms with Gasteiger partial charge in [-0.25, -0.2) is 0 Å². The summed E-state index contributed by atoms with van der Waals surface area (Å²) in [6.45, 7) is 3.64. The molecule has 0 bridgehead atoms. The van der Waals surface area contributed by atoms with Gasteiger partial charge >= 0.3 is 0 Å². The van der Waals surface area contributed by atoms with E-state index in [9.17, 15) is 10.1 Å². The number of nitrogens with zero attached hydrogens (tertiary/aromatic N) is 1. The summed E-state index contributed by atoms with van der Waals surface area (Å²) >= 11 is 5.83. The molecule has 4 heteroatoms. The predicted octanol–water partition coefficient (Wildman–Crippen LogP) is 3.07. The third kappa shape index (κ3) is 2.70. The molecule has 0 fully saturated rings. The van der Waals surface area contributed by atoms with Gasteiger partial charge in [0.15, 0.2) is 0 Å². The predicted molar refractivity (Wildman–Crippen MR) is 56.9 cm³/mol. The first-order valence-corrected chi connectivity index (χ1v) is 4.82. The molecule has 0 saturated heterocycles. The lowest BCUT2D eigenvalue weighted by Gasteiger charge is -2.04. The molecule has 0 spiro atoms. The molecular weight excluding hydrogens is 202 g/mol. The van der Waals surface area contributed by atoms with Crippen molar-refractivity contribution in [3.05, 3.63) is 39.4 Å². The van der Waals surface area contributed by atoms with E-state index < -0.39 is 0 Å². The maximum atomic E-state index is 10.5. The van der Waals surface area contributed by atoms with Crippen molar-refractivity contribution < 1.29 is 4.92 Å². The molecule has 0 aromatic heterocycles. The number of aryl methyl sites for hydroxylation is 1. The van der Waals surface area contributed by atoms with Crippen LogP contribution in [0.5, 0.6) is 0 Å². The zero-order valence-electron chi connectivity index (χ0n) is 8.16. The zero-order valence-corrected chi connectivity index (χ0v) is 8.91. The number of halogens is 1. The van der Waals surface area contributed by atoms with E-state index in [0.29, 0.717) is 5.56 Å². The van der Waals surface area contributed by atoms with Gasteiger partial charge < -0.3 is 0 Å². The minimum Gasteiger partial charge on any atom is -0.258 e. The van der Waals surface area contributed by atoms with Gasteiger partial charge in [-0.2, -0.15) is 0 Å². The summed E-state index contributed by atoms with van der Waals surface area (Å²) in [6, 6.07) is 5.10. The van der Waals surface area contributed by atoms with Crippen molar-refractivity contribution in [3.63, 3.8) is 0 Å². The van der Waals surface area contributed by atoms with Crippen molar-refractivity contribution >= 4 is 17.3 Å². The Labute approximate surface area is 87.8 Å². The number of benzene rings is 1. The van der Waals surface area contributed by atoms with Crippen LogP contribution in [0.15, 0.2) is 18.2 Å². The number of hydrogen-bond acceptors (Lipinski definition) is 2.